The minimum absolute atomic E-state index is 1.08. The molecule has 2 heteroatoms. The quantitative estimate of drug-likeness (QED) is 0.628. The van der Waals surface area contributed by atoms with Gasteiger partial charge in [0.15, 0.2) is 0 Å². The molecular weight excluding hydrogens is 196 g/mol. The fourth-order valence-electron chi connectivity index (χ4n) is 0.513. The molecule has 0 saturated carbocycles. The summed E-state index contributed by atoms with van der Waals surface area (Å²) < 4.78 is 1.08. The average Bonchev–Trinajstić information content (AvgIpc) is 1.90. The lowest BCUT2D eigenvalue weighted by Gasteiger charge is -1.92. The molecule has 1 rings (SSSR count). The molecule has 0 amide bonds. The Bertz CT molecular complexity index is 181. The molecular formula is C7H5BrS. The monoisotopic (exact) mass is 200 g/mol. The Balaban J connectivity index is 2.88. The number of hydrogen-bond donors (Lipinski definition) is 0. The summed E-state index contributed by atoms with van der Waals surface area (Å²) in [5.41, 5.74) is 0. The Kier molecular flexibility index (Phi) is 2.61. The van der Waals surface area contributed by atoms with Crippen molar-refractivity contribution in [1.82, 2.24) is 0 Å². The van der Waals surface area contributed by atoms with Crippen LogP contribution in [0.25, 0.3) is 0 Å². The molecule has 46 valence electrons. The van der Waals surface area contributed by atoms with Gasteiger partial charge in [-0.2, -0.15) is 0 Å². The second-order valence-electron chi connectivity index (χ2n) is 1.57. The van der Waals surface area contributed by atoms with Gasteiger partial charge in [-0.15, -0.1) is 11.8 Å². The van der Waals surface area contributed by atoms with Gasteiger partial charge in [0.1, 0.15) is 0 Å². The van der Waals surface area contributed by atoms with E-state index < -0.39 is 0 Å². The highest BCUT2D eigenvalue weighted by Crippen LogP contribution is 2.18. The van der Waals surface area contributed by atoms with Crippen LogP contribution in [0.1, 0.15) is 0 Å². The first kappa shape index (κ1) is 7.16. The van der Waals surface area contributed by atoms with Crippen LogP contribution in [0.3, 0.4) is 0 Å². The molecule has 0 bridgehead atoms. The summed E-state index contributed by atoms with van der Waals surface area (Å²) in [6.07, 6.45) is 5.30. The second kappa shape index (κ2) is 3.28. The smallest absolute Gasteiger partial charge is 0.0362 e. The molecule has 0 aliphatic rings. The van der Waals surface area contributed by atoms with Crippen molar-refractivity contribution in [3.05, 3.63) is 35.0 Å². The van der Waals surface area contributed by atoms with Gasteiger partial charge in [0, 0.05) is 15.6 Å². The van der Waals surface area contributed by atoms with E-state index >= 15 is 0 Å². The van der Waals surface area contributed by atoms with Crippen LogP contribution < -0.4 is 0 Å². The van der Waals surface area contributed by atoms with Gasteiger partial charge < -0.3 is 0 Å². The summed E-state index contributed by atoms with van der Waals surface area (Å²) in [6.45, 7) is 0. The Morgan fingerprint density at radius 3 is 2.22 bits per heavy atom. The van der Waals surface area contributed by atoms with E-state index in [9.17, 15) is 0 Å². The predicted molar refractivity (Wildman–Crippen MR) is 44.3 cm³/mol. The molecule has 0 fully saturated rings. The molecule has 1 aromatic rings. The summed E-state index contributed by atoms with van der Waals surface area (Å²) >= 11 is 4.58. The van der Waals surface area contributed by atoms with Gasteiger partial charge in [0.25, 0.3) is 0 Å². The molecule has 0 aliphatic heterocycles. The number of benzene rings is 1. The number of hydrogen-bond acceptors (Lipinski definition) is 1. The van der Waals surface area contributed by atoms with Crippen LogP contribution in [-0.4, -0.2) is 0 Å². The zero-order valence-corrected chi connectivity index (χ0v) is 7.08. The largest absolute Gasteiger partial charge is 0.120 e. The van der Waals surface area contributed by atoms with Crippen LogP contribution in [0.5, 0.6) is 0 Å². The van der Waals surface area contributed by atoms with Gasteiger partial charge >= 0.3 is 0 Å². The SMILES string of the molecule is [CH]Sc1ccc(Br)cc1. The Morgan fingerprint density at radius 1 is 1.22 bits per heavy atom. The number of thioether (sulfide) groups is 1. The highest BCUT2D eigenvalue weighted by molar-refractivity contribution is 9.10. The van der Waals surface area contributed by atoms with Crippen molar-refractivity contribution < 1.29 is 0 Å². The fraction of sp³-hybridized carbons (Fsp3) is 0. The van der Waals surface area contributed by atoms with Crippen molar-refractivity contribution in [3.8, 4) is 0 Å². The van der Waals surface area contributed by atoms with E-state index in [0.717, 1.165) is 9.37 Å². The molecule has 0 unspecified atom stereocenters. The standard InChI is InChI=1S/C7H5BrS/c1-9-7-4-2-6(8)3-5-7/h1-5H. The van der Waals surface area contributed by atoms with E-state index in [1.807, 2.05) is 24.3 Å². The first-order chi connectivity index (χ1) is 4.33. The molecule has 1 aromatic carbocycles. The third-order valence-electron chi connectivity index (χ3n) is 0.950. The van der Waals surface area contributed by atoms with Gasteiger partial charge in [-0.05, 0) is 24.3 Å². The summed E-state index contributed by atoms with van der Waals surface area (Å²) in [5.74, 6) is 0. The summed E-state index contributed by atoms with van der Waals surface area (Å²) in [7, 11) is 0. The van der Waals surface area contributed by atoms with E-state index in [0.29, 0.717) is 0 Å². The van der Waals surface area contributed by atoms with Crippen LogP contribution in [0.4, 0.5) is 0 Å². The summed E-state index contributed by atoms with van der Waals surface area (Å²) in [4.78, 5) is 1.08. The molecule has 0 atom stereocenters. The first-order valence-electron chi connectivity index (χ1n) is 2.45. The summed E-state index contributed by atoms with van der Waals surface area (Å²) in [5, 5.41) is 0. The normalized spacial score (nSPS) is 9.56. The van der Waals surface area contributed by atoms with Crippen molar-refractivity contribution in [1.29, 1.82) is 0 Å². The molecule has 0 aliphatic carbocycles. The third kappa shape index (κ3) is 2.03. The zero-order valence-electron chi connectivity index (χ0n) is 4.67. The van der Waals surface area contributed by atoms with Gasteiger partial charge in [-0.3, -0.25) is 0 Å². The first-order valence-corrected chi connectivity index (χ1v) is 4.12. The predicted octanol–water partition coefficient (Wildman–Crippen LogP) is 3.21. The Labute approximate surface area is 67.8 Å². The maximum Gasteiger partial charge on any atom is 0.0362 e. The van der Waals surface area contributed by atoms with Crippen molar-refractivity contribution in [2.24, 2.45) is 0 Å². The maximum absolute atomic E-state index is 5.30. The van der Waals surface area contributed by atoms with Gasteiger partial charge in [0.05, 0.1) is 0 Å². The van der Waals surface area contributed by atoms with E-state index in [1.165, 1.54) is 11.8 Å². The van der Waals surface area contributed by atoms with Crippen molar-refractivity contribution in [2.75, 3.05) is 0 Å². The fourth-order valence-corrected chi connectivity index (χ4v) is 1.07. The lowest BCUT2D eigenvalue weighted by atomic mass is 10.4. The molecule has 0 saturated heterocycles. The molecule has 0 N–H and O–H groups in total. The second-order valence-corrected chi connectivity index (χ2v) is 3.19. The third-order valence-corrected chi connectivity index (χ3v) is 2.02. The van der Waals surface area contributed by atoms with Crippen LogP contribution >= 0.6 is 27.7 Å². The van der Waals surface area contributed by atoms with Crippen molar-refractivity contribution in [3.63, 3.8) is 0 Å². The molecule has 0 spiro atoms. The van der Waals surface area contributed by atoms with Gasteiger partial charge in [0.2, 0.25) is 0 Å². The minimum atomic E-state index is 1.08. The van der Waals surface area contributed by atoms with E-state index in [1.54, 1.807) is 0 Å². The average molecular weight is 201 g/mol. The van der Waals surface area contributed by atoms with E-state index in [2.05, 4.69) is 15.9 Å². The molecule has 2 radical (unpaired) electrons. The summed E-state index contributed by atoms with van der Waals surface area (Å²) in [6, 6.07) is 7.87. The minimum Gasteiger partial charge on any atom is -0.120 e. The molecule has 9 heavy (non-hydrogen) atoms. The highest BCUT2D eigenvalue weighted by Gasteiger charge is 1.86. The lowest BCUT2D eigenvalue weighted by molar-refractivity contribution is 1.45. The topological polar surface area (TPSA) is 0 Å². The maximum atomic E-state index is 5.30. The van der Waals surface area contributed by atoms with Crippen LogP contribution in [0.2, 0.25) is 0 Å². The zero-order chi connectivity index (χ0) is 6.69. The van der Waals surface area contributed by atoms with Crippen molar-refractivity contribution in [2.45, 2.75) is 4.90 Å². The van der Waals surface area contributed by atoms with Crippen LogP contribution in [0.15, 0.2) is 33.6 Å². The number of rotatable bonds is 1. The van der Waals surface area contributed by atoms with Crippen LogP contribution in [-0.2, 0) is 0 Å². The van der Waals surface area contributed by atoms with Crippen molar-refractivity contribution >= 4 is 27.7 Å². The van der Waals surface area contributed by atoms with Gasteiger partial charge in [-0.25, -0.2) is 0 Å². The molecule has 0 aromatic heterocycles. The van der Waals surface area contributed by atoms with Gasteiger partial charge in [-0.1, -0.05) is 15.9 Å². The van der Waals surface area contributed by atoms with E-state index in [-0.39, 0.29) is 0 Å². The lowest BCUT2D eigenvalue weighted by Crippen LogP contribution is -1.65. The Hall–Kier alpha value is 0.0500. The Morgan fingerprint density at radius 2 is 1.78 bits per heavy atom. The van der Waals surface area contributed by atoms with E-state index in [4.69, 9.17) is 6.26 Å². The molecule has 0 nitrogen and oxygen atoms in total. The van der Waals surface area contributed by atoms with Crippen LogP contribution in [0, 0.1) is 6.26 Å². The highest BCUT2D eigenvalue weighted by atomic mass is 79.9. The molecule has 0 heterocycles. The number of halogens is 1.